The number of benzene rings is 1. The van der Waals surface area contributed by atoms with Crippen LogP contribution >= 0.6 is 0 Å². The van der Waals surface area contributed by atoms with Gasteiger partial charge in [0.15, 0.2) is 0 Å². The van der Waals surface area contributed by atoms with Crippen LogP contribution in [-0.4, -0.2) is 79.1 Å². The molecule has 2 atom stereocenters. The van der Waals surface area contributed by atoms with E-state index in [1.165, 1.54) is 0 Å². The molecule has 28 heavy (non-hydrogen) atoms. The second kappa shape index (κ2) is 9.28. The van der Waals surface area contributed by atoms with Crippen LogP contribution in [0.2, 0.25) is 0 Å². The highest BCUT2D eigenvalue weighted by molar-refractivity contribution is 5.90. The van der Waals surface area contributed by atoms with Crippen molar-refractivity contribution in [3.8, 4) is 5.75 Å². The first-order valence-corrected chi connectivity index (χ1v) is 10.3. The predicted octanol–water partition coefficient (Wildman–Crippen LogP) is 2.49. The summed E-state index contributed by atoms with van der Waals surface area (Å²) in [5.41, 5.74) is 0.729. The van der Waals surface area contributed by atoms with Gasteiger partial charge in [0.25, 0.3) is 0 Å². The number of hydrogen-bond donors (Lipinski definition) is 1. The fraction of sp³-hybridized carbons (Fsp3) is 0.619. The molecule has 0 aromatic heterocycles. The van der Waals surface area contributed by atoms with E-state index < -0.39 is 0 Å². The van der Waals surface area contributed by atoms with E-state index in [1.807, 2.05) is 41.1 Å². The van der Waals surface area contributed by atoms with Crippen LogP contribution in [0.25, 0.3) is 0 Å². The molecule has 0 unspecified atom stereocenters. The van der Waals surface area contributed by atoms with Gasteiger partial charge in [-0.15, -0.1) is 0 Å². The molecule has 3 amide bonds. The Labute approximate surface area is 167 Å². The number of amides is 3. The van der Waals surface area contributed by atoms with Gasteiger partial charge in [0, 0.05) is 56.8 Å². The summed E-state index contributed by atoms with van der Waals surface area (Å²) < 4.78 is 5.84. The summed E-state index contributed by atoms with van der Waals surface area (Å²) in [5.74, 6) is 1.19. The smallest absolute Gasteiger partial charge is 0.321 e. The molecule has 2 saturated heterocycles. The number of carbonyl (C=O) groups is 2. The molecule has 2 fully saturated rings. The zero-order valence-corrected chi connectivity index (χ0v) is 17.2. The van der Waals surface area contributed by atoms with E-state index >= 15 is 0 Å². The maximum absolute atomic E-state index is 12.7. The maximum atomic E-state index is 12.7. The Kier molecular flexibility index (Phi) is 6.78. The molecule has 0 aliphatic carbocycles. The second-order valence-electron chi connectivity index (χ2n) is 7.60. The van der Waals surface area contributed by atoms with Crippen molar-refractivity contribution in [2.75, 3.05) is 51.7 Å². The number of carbonyl (C=O) groups excluding carboxylic acids is 2. The standard InChI is InChI=1S/C21H32N4O3/c1-4-24(5-2)11-12-28-18-8-6-7-17(14-18)22-21(27)25-10-9-19-16(15-25)13-20(26)23(19)3/h6-8,14,16,19H,4-5,9-13,15H2,1-3H3,(H,22,27)/t16-,19+/m0/s1. The summed E-state index contributed by atoms with van der Waals surface area (Å²) in [4.78, 5) is 30.6. The summed E-state index contributed by atoms with van der Waals surface area (Å²) in [5, 5.41) is 2.97. The van der Waals surface area contributed by atoms with Gasteiger partial charge in [-0.25, -0.2) is 4.79 Å². The van der Waals surface area contributed by atoms with Gasteiger partial charge in [0.2, 0.25) is 5.91 Å². The zero-order chi connectivity index (χ0) is 20.1. The van der Waals surface area contributed by atoms with Gasteiger partial charge in [-0.1, -0.05) is 19.9 Å². The van der Waals surface area contributed by atoms with E-state index in [0.29, 0.717) is 26.1 Å². The summed E-state index contributed by atoms with van der Waals surface area (Å²) in [6.45, 7) is 9.11. The summed E-state index contributed by atoms with van der Waals surface area (Å²) >= 11 is 0. The lowest BCUT2D eigenvalue weighted by Crippen LogP contribution is -2.48. The van der Waals surface area contributed by atoms with Crippen molar-refractivity contribution in [2.24, 2.45) is 5.92 Å². The molecule has 1 aromatic carbocycles. The first-order chi connectivity index (χ1) is 13.5. The SMILES string of the molecule is CCN(CC)CCOc1cccc(NC(=O)N2CC[C@@H]3[C@@H](CC(=O)N3C)C2)c1. The highest BCUT2D eigenvalue weighted by Gasteiger charge is 2.41. The zero-order valence-electron chi connectivity index (χ0n) is 17.2. The fourth-order valence-corrected chi connectivity index (χ4v) is 4.17. The molecule has 0 saturated carbocycles. The van der Waals surface area contributed by atoms with E-state index in [-0.39, 0.29) is 23.9 Å². The highest BCUT2D eigenvalue weighted by atomic mass is 16.5. The van der Waals surface area contributed by atoms with Gasteiger partial charge in [-0.05, 0) is 31.6 Å². The summed E-state index contributed by atoms with van der Waals surface area (Å²) in [6, 6.07) is 7.69. The largest absolute Gasteiger partial charge is 0.492 e. The van der Waals surface area contributed by atoms with Crippen molar-refractivity contribution in [3.63, 3.8) is 0 Å². The lowest BCUT2D eigenvalue weighted by molar-refractivity contribution is -0.127. The average molecular weight is 389 g/mol. The van der Waals surface area contributed by atoms with Crippen molar-refractivity contribution in [2.45, 2.75) is 32.7 Å². The number of anilines is 1. The Hall–Kier alpha value is -2.28. The van der Waals surface area contributed by atoms with Crippen molar-refractivity contribution < 1.29 is 14.3 Å². The molecule has 7 nitrogen and oxygen atoms in total. The lowest BCUT2D eigenvalue weighted by Gasteiger charge is -2.36. The number of fused-ring (bicyclic) bond motifs is 1. The van der Waals surface area contributed by atoms with Crippen molar-refractivity contribution in [1.29, 1.82) is 0 Å². The number of hydrogen-bond acceptors (Lipinski definition) is 4. The van der Waals surface area contributed by atoms with Gasteiger partial charge in [0.1, 0.15) is 12.4 Å². The van der Waals surface area contributed by atoms with E-state index in [2.05, 4.69) is 24.1 Å². The first kappa shape index (κ1) is 20.5. The first-order valence-electron chi connectivity index (χ1n) is 10.3. The van der Waals surface area contributed by atoms with Crippen LogP contribution in [0.15, 0.2) is 24.3 Å². The summed E-state index contributed by atoms with van der Waals surface area (Å²) in [6.07, 6.45) is 1.38. The minimum absolute atomic E-state index is 0.110. The number of nitrogens with zero attached hydrogens (tertiary/aromatic N) is 3. The number of likely N-dealkylation sites (N-methyl/N-ethyl adjacent to an activating group) is 1. The average Bonchev–Trinajstić information content (AvgIpc) is 2.99. The highest BCUT2D eigenvalue weighted by Crippen LogP contribution is 2.31. The third-order valence-electron chi connectivity index (χ3n) is 5.96. The Morgan fingerprint density at radius 3 is 2.86 bits per heavy atom. The molecule has 2 heterocycles. The molecule has 3 rings (SSSR count). The minimum Gasteiger partial charge on any atom is -0.492 e. The van der Waals surface area contributed by atoms with Crippen LogP contribution in [0.3, 0.4) is 0 Å². The van der Waals surface area contributed by atoms with E-state index in [9.17, 15) is 9.59 Å². The topological polar surface area (TPSA) is 65.1 Å². The number of rotatable bonds is 7. The Balaban J connectivity index is 1.51. The van der Waals surface area contributed by atoms with Crippen molar-refractivity contribution in [3.05, 3.63) is 24.3 Å². The molecule has 154 valence electrons. The van der Waals surface area contributed by atoms with Crippen LogP contribution in [0.1, 0.15) is 26.7 Å². The van der Waals surface area contributed by atoms with Crippen molar-refractivity contribution >= 4 is 17.6 Å². The maximum Gasteiger partial charge on any atom is 0.321 e. The Morgan fingerprint density at radius 2 is 2.11 bits per heavy atom. The van der Waals surface area contributed by atoms with Crippen LogP contribution in [0.5, 0.6) is 5.75 Å². The van der Waals surface area contributed by atoms with Crippen LogP contribution in [0.4, 0.5) is 10.5 Å². The van der Waals surface area contributed by atoms with E-state index in [0.717, 1.165) is 37.5 Å². The van der Waals surface area contributed by atoms with E-state index in [4.69, 9.17) is 4.74 Å². The number of likely N-dealkylation sites (tertiary alicyclic amines) is 2. The van der Waals surface area contributed by atoms with Crippen LogP contribution < -0.4 is 10.1 Å². The van der Waals surface area contributed by atoms with Gasteiger partial charge < -0.3 is 24.8 Å². The molecule has 2 aliphatic heterocycles. The van der Waals surface area contributed by atoms with Crippen molar-refractivity contribution in [1.82, 2.24) is 14.7 Å². The van der Waals surface area contributed by atoms with Gasteiger partial charge in [-0.2, -0.15) is 0 Å². The van der Waals surface area contributed by atoms with Crippen LogP contribution in [0, 0.1) is 5.92 Å². The number of piperidine rings is 1. The fourth-order valence-electron chi connectivity index (χ4n) is 4.17. The van der Waals surface area contributed by atoms with Crippen LogP contribution in [-0.2, 0) is 4.79 Å². The number of nitrogens with one attached hydrogen (secondary N) is 1. The minimum atomic E-state index is -0.110. The van der Waals surface area contributed by atoms with Gasteiger partial charge >= 0.3 is 6.03 Å². The molecular weight excluding hydrogens is 356 g/mol. The third-order valence-corrected chi connectivity index (χ3v) is 5.96. The van der Waals surface area contributed by atoms with E-state index in [1.54, 1.807) is 0 Å². The molecule has 0 spiro atoms. The molecule has 0 radical (unpaired) electrons. The molecule has 0 bridgehead atoms. The normalized spacial score (nSPS) is 21.8. The monoisotopic (exact) mass is 388 g/mol. The molecular formula is C21H32N4O3. The van der Waals surface area contributed by atoms with Gasteiger partial charge in [0.05, 0.1) is 0 Å². The number of ether oxygens (including phenoxy) is 1. The third kappa shape index (κ3) is 4.76. The summed E-state index contributed by atoms with van der Waals surface area (Å²) in [7, 11) is 1.87. The molecule has 1 aromatic rings. The van der Waals surface area contributed by atoms with Gasteiger partial charge in [-0.3, -0.25) is 4.79 Å². The quantitative estimate of drug-likeness (QED) is 0.779. The molecule has 1 N–H and O–H groups in total. The molecule has 7 heteroatoms. The number of urea groups is 1. The Morgan fingerprint density at radius 1 is 1.32 bits per heavy atom. The predicted molar refractivity (Wildman–Crippen MR) is 110 cm³/mol. The second-order valence-corrected chi connectivity index (χ2v) is 7.60. The lowest BCUT2D eigenvalue weighted by atomic mass is 9.93. The molecule has 2 aliphatic rings. The Bertz CT molecular complexity index is 692.